The molecule has 136 valence electrons. The van der Waals surface area contributed by atoms with Crippen LogP contribution in [0.15, 0.2) is 55.0 Å². The van der Waals surface area contributed by atoms with Gasteiger partial charge in [0.1, 0.15) is 0 Å². The fourth-order valence-electron chi connectivity index (χ4n) is 3.29. The SMILES string of the molecule is Cc1ccncc1C(=O)N1CC(N(C)C(=O)c2ccc3cccnc3c2)C1. The number of carbonyl (C=O) groups is 2. The molecule has 6 heteroatoms. The van der Waals surface area contributed by atoms with Crippen LogP contribution in [-0.4, -0.2) is 57.8 Å². The molecule has 0 N–H and O–H groups in total. The summed E-state index contributed by atoms with van der Waals surface area (Å²) in [5.74, 6) is -0.0928. The van der Waals surface area contributed by atoms with Gasteiger partial charge in [0.25, 0.3) is 11.8 Å². The Labute approximate surface area is 157 Å². The summed E-state index contributed by atoms with van der Waals surface area (Å²) in [6.07, 6.45) is 4.99. The van der Waals surface area contributed by atoms with Gasteiger partial charge in [-0.1, -0.05) is 12.1 Å². The number of hydrogen-bond donors (Lipinski definition) is 0. The molecule has 3 aromatic rings. The van der Waals surface area contributed by atoms with E-state index in [4.69, 9.17) is 0 Å². The maximum absolute atomic E-state index is 12.8. The number of amides is 2. The minimum atomic E-state index is -0.0581. The summed E-state index contributed by atoms with van der Waals surface area (Å²) < 4.78 is 0. The third kappa shape index (κ3) is 3.14. The highest BCUT2D eigenvalue weighted by Crippen LogP contribution is 2.21. The van der Waals surface area contributed by atoms with Gasteiger partial charge in [-0.05, 0) is 36.8 Å². The van der Waals surface area contributed by atoms with Crippen LogP contribution in [0.3, 0.4) is 0 Å². The van der Waals surface area contributed by atoms with Gasteiger partial charge >= 0.3 is 0 Å². The molecule has 1 aliphatic rings. The van der Waals surface area contributed by atoms with Crippen LogP contribution in [0.5, 0.6) is 0 Å². The fourth-order valence-corrected chi connectivity index (χ4v) is 3.29. The quantitative estimate of drug-likeness (QED) is 0.720. The van der Waals surface area contributed by atoms with Crippen LogP contribution >= 0.6 is 0 Å². The minimum absolute atomic E-state index is 0.0119. The Morgan fingerprint density at radius 2 is 1.96 bits per heavy atom. The third-order valence-electron chi connectivity index (χ3n) is 5.14. The number of carbonyl (C=O) groups excluding carboxylic acids is 2. The molecular formula is C21H20N4O2. The highest BCUT2D eigenvalue weighted by Gasteiger charge is 2.36. The van der Waals surface area contributed by atoms with Gasteiger partial charge in [-0.2, -0.15) is 0 Å². The van der Waals surface area contributed by atoms with Crippen LogP contribution in [0.4, 0.5) is 0 Å². The lowest BCUT2D eigenvalue weighted by Crippen LogP contribution is -2.61. The summed E-state index contributed by atoms with van der Waals surface area (Å²) in [6, 6.07) is 11.2. The summed E-state index contributed by atoms with van der Waals surface area (Å²) in [4.78, 5) is 37.2. The van der Waals surface area contributed by atoms with Crippen LogP contribution in [0.2, 0.25) is 0 Å². The van der Waals surface area contributed by atoms with Crippen molar-refractivity contribution >= 4 is 22.7 Å². The van der Waals surface area contributed by atoms with E-state index in [2.05, 4.69) is 9.97 Å². The number of benzene rings is 1. The molecule has 0 saturated carbocycles. The number of nitrogens with zero attached hydrogens (tertiary/aromatic N) is 4. The van der Waals surface area contributed by atoms with E-state index in [1.807, 2.05) is 43.3 Å². The van der Waals surface area contributed by atoms with Crippen LogP contribution in [0.25, 0.3) is 10.9 Å². The maximum Gasteiger partial charge on any atom is 0.255 e. The molecule has 0 radical (unpaired) electrons. The van der Waals surface area contributed by atoms with Gasteiger partial charge in [0.05, 0.1) is 17.1 Å². The summed E-state index contributed by atoms with van der Waals surface area (Å²) in [5.41, 5.74) is 2.93. The van der Waals surface area contributed by atoms with E-state index in [0.29, 0.717) is 24.2 Å². The molecule has 3 heterocycles. The summed E-state index contributed by atoms with van der Waals surface area (Å²) >= 11 is 0. The molecule has 0 spiro atoms. The zero-order valence-corrected chi connectivity index (χ0v) is 15.3. The molecule has 1 saturated heterocycles. The topological polar surface area (TPSA) is 66.4 Å². The molecular weight excluding hydrogens is 340 g/mol. The number of rotatable bonds is 3. The van der Waals surface area contributed by atoms with Gasteiger partial charge in [-0.15, -0.1) is 0 Å². The van der Waals surface area contributed by atoms with E-state index in [9.17, 15) is 9.59 Å². The normalized spacial score (nSPS) is 14.1. The average Bonchev–Trinajstić information content (AvgIpc) is 2.66. The smallest absolute Gasteiger partial charge is 0.255 e. The molecule has 2 amide bonds. The molecule has 2 aromatic heterocycles. The molecule has 27 heavy (non-hydrogen) atoms. The number of hydrogen-bond acceptors (Lipinski definition) is 4. The second-order valence-corrected chi connectivity index (χ2v) is 6.88. The first kappa shape index (κ1) is 17.1. The zero-order chi connectivity index (χ0) is 19.0. The predicted molar refractivity (Wildman–Crippen MR) is 103 cm³/mol. The van der Waals surface area contributed by atoms with Crippen molar-refractivity contribution in [1.29, 1.82) is 0 Å². The Morgan fingerprint density at radius 3 is 2.74 bits per heavy atom. The highest BCUT2D eigenvalue weighted by molar-refractivity contribution is 5.98. The van der Waals surface area contributed by atoms with Gasteiger partial charge in [0, 0.05) is 49.7 Å². The van der Waals surface area contributed by atoms with E-state index >= 15 is 0 Å². The summed E-state index contributed by atoms with van der Waals surface area (Å²) in [7, 11) is 1.78. The largest absolute Gasteiger partial charge is 0.335 e. The number of fused-ring (bicyclic) bond motifs is 1. The van der Waals surface area contributed by atoms with E-state index in [0.717, 1.165) is 16.5 Å². The number of likely N-dealkylation sites (N-methyl/N-ethyl adjacent to an activating group) is 1. The lowest BCUT2D eigenvalue weighted by atomic mass is 10.0. The van der Waals surface area contributed by atoms with Gasteiger partial charge in [0.2, 0.25) is 0 Å². The van der Waals surface area contributed by atoms with Crippen molar-refractivity contribution in [2.24, 2.45) is 0 Å². The van der Waals surface area contributed by atoms with Crippen LogP contribution in [-0.2, 0) is 0 Å². The number of likely N-dealkylation sites (tertiary alicyclic amines) is 1. The first-order chi connectivity index (χ1) is 13.0. The van der Waals surface area contributed by atoms with E-state index < -0.39 is 0 Å². The molecule has 0 aliphatic carbocycles. The van der Waals surface area contributed by atoms with E-state index in [1.165, 1.54) is 0 Å². The highest BCUT2D eigenvalue weighted by atomic mass is 16.2. The molecule has 1 fully saturated rings. The van der Waals surface area contributed by atoms with Gasteiger partial charge in [-0.25, -0.2) is 0 Å². The Hall–Kier alpha value is -3.28. The monoisotopic (exact) mass is 360 g/mol. The number of pyridine rings is 2. The maximum atomic E-state index is 12.8. The second-order valence-electron chi connectivity index (χ2n) is 6.88. The Kier molecular flexibility index (Phi) is 4.32. The van der Waals surface area contributed by atoms with Crippen molar-refractivity contribution in [3.05, 3.63) is 71.7 Å². The average molecular weight is 360 g/mol. The molecule has 1 aliphatic heterocycles. The first-order valence-electron chi connectivity index (χ1n) is 8.86. The first-order valence-corrected chi connectivity index (χ1v) is 8.86. The second kappa shape index (κ2) is 6.79. The lowest BCUT2D eigenvalue weighted by molar-refractivity contribution is 0.0296. The van der Waals surface area contributed by atoms with Crippen LogP contribution in [0, 0.1) is 6.92 Å². The molecule has 4 rings (SSSR count). The standard InChI is InChI=1S/C21H20N4O2/c1-14-7-9-22-11-18(14)21(27)25-12-17(13-25)24(2)20(26)16-6-5-15-4-3-8-23-19(15)10-16/h3-11,17H,12-13H2,1-2H3. The minimum Gasteiger partial charge on any atom is -0.335 e. The Bertz CT molecular complexity index is 1030. The third-order valence-corrected chi connectivity index (χ3v) is 5.14. The predicted octanol–water partition coefficient (Wildman–Crippen LogP) is 2.53. The molecule has 6 nitrogen and oxygen atoms in total. The van der Waals surface area contributed by atoms with Crippen molar-refractivity contribution in [1.82, 2.24) is 19.8 Å². The van der Waals surface area contributed by atoms with Gasteiger partial charge in [0.15, 0.2) is 0 Å². The van der Waals surface area contributed by atoms with Crippen LogP contribution in [0.1, 0.15) is 26.3 Å². The van der Waals surface area contributed by atoms with Crippen molar-refractivity contribution in [2.75, 3.05) is 20.1 Å². The fraction of sp³-hybridized carbons (Fsp3) is 0.238. The summed E-state index contributed by atoms with van der Waals surface area (Å²) in [5, 5.41) is 1.00. The number of aromatic nitrogens is 2. The molecule has 0 bridgehead atoms. The Balaban J connectivity index is 1.43. The van der Waals surface area contributed by atoms with Crippen LogP contribution < -0.4 is 0 Å². The lowest BCUT2D eigenvalue weighted by Gasteiger charge is -2.44. The van der Waals surface area contributed by atoms with Crippen molar-refractivity contribution in [3.63, 3.8) is 0 Å². The van der Waals surface area contributed by atoms with E-state index in [1.54, 1.807) is 35.4 Å². The zero-order valence-electron chi connectivity index (χ0n) is 15.3. The molecule has 0 unspecified atom stereocenters. The molecule has 1 aromatic carbocycles. The van der Waals surface area contributed by atoms with E-state index in [-0.39, 0.29) is 17.9 Å². The van der Waals surface area contributed by atoms with Crippen molar-refractivity contribution in [2.45, 2.75) is 13.0 Å². The van der Waals surface area contributed by atoms with Gasteiger partial charge in [-0.3, -0.25) is 19.6 Å². The Morgan fingerprint density at radius 1 is 1.15 bits per heavy atom. The van der Waals surface area contributed by atoms with Gasteiger partial charge < -0.3 is 9.80 Å². The van der Waals surface area contributed by atoms with Crippen molar-refractivity contribution in [3.8, 4) is 0 Å². The molecule has 0 atom stereocenters. The number of aryl methyl sites for hydroxylation is 1. The summed E-state index contributed by atoms with van der Waals surface area (Å²) in [6.45, 7) is 2.96. The van der Waals surface area contributed by atoms with Crippen molar-refractivity contribution < 1.29 is 9.59 Å².